The third-order valence-corrected chi connectivity index (χ3v) is 4.36. The number of carbonyl (C=O) groups is 2. The van der Waals surface area contributed by atoms with Gasteiger partial charge in [-0.15, -0.1) is 0 Å². The van der Waals surface area contributed by atoms with E-state index in [4.69, 9.17) is 0 Å². The van der Waals surface area contributed by atoms with Crippen LogP contribution in [0.25, 0.3) is 12.2 Å². The molecule has 0 saturated carbocycles. The lowest BCUT2D eigenvalue weighted by atomic mass is 10.1. The highest BCUT2D eigenvalue weighted by atomic mass is 16.2. The van der Waals surface area contributed by atoms with Crippen molar-refractivity contribution < 1.29 is 9.59 Å². The molecule has 32 heavy (non-hydrogen) atoms. The second-order valence-electron chi connectivity index (χ2n) is 7.39. The molecule has 2 rings (SSSR count). The van der Waals surface area contributed by atoms with Gasteiger partial charge in [-0.1, -0.05) is 72.8 Å². The maximum Gasteiger partial charge on any atom is 0.240 e. The van der Waals surface area contributed by atoms with E-state index in [1.165, 1.54) is 0 Å². The predicted molar refractivity (Wildman–Crippen MR) is 132 cm³/mol. The molecule has 0 atom stereocenters. The summed E-state index contributed by atoms with van der Waals surface area (Å²) < 4.78 is 0. The SMILES string of the molecule is CC(/C=N\NC(=O)CCCCC(=O)N/N=C\C(C)=C\c1ccccc1)=C\c1ccccc1. The fraction of sp³-hybridized carbons (Fsp3) is 0.231. The van der Waals surface area contributed by atoms with Gasteiger partial charge in [0, 0.05) is 12.8 Å². The monoisotopic (exact) mass is 430 g/mol. The Morgan fingerprint density at radius 1 is 0.688 bits per heavy atom. The van der Waals surface area contributed by atoms with Crippen LogP contribution in [0.4, 0.5) is 0 Å². The van der Waals surface area contributed by atoms with E-state index in [9.17, 15) is 9.59 Å². The number of benzene rings is 2. The number of hydrogen-bond acceptors (Lipinski definition) is 4. The third-order valence-electron chi connectivity index (χ3n) is 4.36. The average molecular weight is 431 g/mol. The molecule has 0 aliphatic heterocycles. The molecule has 6 nitrogen and oxygen atoms in total. The van der Waals surface area contributed by atoms with Crippen molar-refractivity contribution in [1.29, 1.82) is 0 Å². The van der Waals surface area contributed by atoms with E-state index in [2.05, 4.69) is 21.1 Å². The minimum Gasteiger partial charge on any atom is -0.273 e. The molecule has 0 aliphatic carbocycles. The zero-order chi connectivity index (χ0) is 23.0. The zero-order valence-electron chi connectivity index (χ0n) is 18.6. The molecule has 2 aromatic carbocycles. The van der Waals surface area contributed by atoms with Crippen molar-refractivity contribution in [2.75, 3.05) is 0 Å². The highest BCUT2D eigenvalue weighted by Gasteiger charge is 2.03. The molecule has 0 fully saturated rings. The fourth-order valence-corrected chi connectivity index (χ4v) is 2.79. The number of nitrogens with zero attached hydrogens (tertiary/aromatic N) is 2. The van der Waals surface area contributed by atoms with Crippen LogP contribution in [0.3, 0.4) is 0 Å². The van der Waals surface area contributed by atoms with Crippen molar-refractivity contribution in [1.82, 2.24) is 10.9 Å². The van der Waals surface area contributed by atoms with Gasteiger partial charge in [-0.3, -0.25) is 9.59 Å². The Balaban J connectivity index is 1.59. The van der Waals surface area contributed by atoms with E-state index in [0.29, 0.717) is 25.7 Å². The van der Waals surface area contributed by atoms with Crippen molar-refractivity contribution in [2.45, 2.75) is 39.5 Å². The summed E-state index contributed by atoms with van der Waals surface area (Å²) in [6.45, 7) is 3.84. The van der Waals surface area contributed by atoms with E-state index < -0.39 is 0 Å². The highest BCUT2D eigenvalue weighted by Crippen LogP contribution is 2.05. The van der Waals surface area contributed by atoms with Gasteiger partial charge in [0.2, 0.25) is 11.8 Å². The molecule has 0 radical (unpaired) electrons. The summed E-state index contributed by atoms with van der Waals surface area (Å²) in [5.74, 6) is -0.345. The predicted octanol–water partition coefficient (Wildman–Crippen LogP) is 4.96. The van der Waals surface area contributed by atoms with Gasteiger partial charge < -0.3 is 0 Å². The number of nitrogens with one attached hydrogen (secondary N) is 2. The zero-order valence-corrected chi connectivity index (χ0v) is 18.6. The summed E-state index contributed by atoms with van der Waals surface area (Å²) in [6.07, 6.45) is 9.03. The molecule has 0 heterocycles. The summed E-state index contributed by atoms with van der Waals surface area (Å²) >= 11 is 0. The maximum atomic E-state index is 11.8. The summed E-state index contributed by atoms with van der Waals surface area (Å²) in [5.41, 5.74) is 9.05. The Labute approximate surface area is 189 Å². The van der Waals surface area contributed by atoms with E-state index in [0.717, 1.165) is 22.3 Å². The number of unbranched alkanes of at least 4 members (excludes halogenated alkanes) is 1. The molecular weight excluding hydrogens is 400 g/mol. The summed E-state index contributed by atoms with van der Waals surface area (Å²) in [4.78, 5) is 23.7. The van der Waals surface area contributed by atoms with Crippen LogP contribution in [0.15, 0.2) is 82.0 Å². The van der Waals surface area contributed by atoms with Crippen LogP contribution in [0.2, 0.25) is 0 Å². The lowest BCUT2D eigenvalue weighted by Crippen LogP contribution is -2.19. The Kier molecular flexibility index (Phi) is 10.9. The van der Waals surface area contributed by atoms with Crippen molar-refractivity contribution in [3.05, 3.63) is 82.9 Å². The first-order chi connectivity index (χ1) is 15.5. The smallest absolute Gasteiger partial charge is 0.240 e. The maximum absolute atomic E-state index is 11.8. The van der Waals surface area contributed by atoms with Crippen LogP contribution in [-0.2, 0) is 9.59 Å². The first-order valence-corrected chi connectivity index (χ1v) is 10.6. The standard InChI is InChI=1S/C26H30N4O2/c1-21(17-23-11-5-3-6-12-23)19-27-29-25(31)15-9-10-16-26(32)30-28-20-22(2)18-24-13-7-4-8-14-24/h3-8,11-14,17-20H,9-10,15-16H2,1-2H3,(H,29,31)(H,30,32)/b21-17+,22-18+,27-19-,28-20-. The highest BCUT2D eigenvalue weighted by molar-refractivity contribution is 5.87. The van der Waals surface area contributed by atoms with Crippen molar-refractivity contribution in [3.8, 4) is 0 Å². The summed E-state index contributed by atoms with van der Waals surface area (Å²) in [5, 5.41) is 7.94. The minimum absolute atomic E-state index is 0.172. The topological polar surface area (TPSA) is 82.9 Å². The number of rotatable bonds is 11. The number of amides is 2. The van der Waals surface area contributed by atoms with Crippen LogP contribution in [0, 0.1) is 0 Å². The molecule has 0 spiro atoms. The molecule has 2 aromatic rings. The molecule has 0 unspecified atom stereocenters. The molecule has 0 saturated heterocycles. The first-order valence-electron chi connectivity index (χ1n) is 10.6. The number of carbonyl (C=O) groups excluding carboxylic acids is 2. The molecule has 6 heteroatoms. The fourth-order valence-electron chi connectivity index (χ4n) is 2.79. The molecule has 0 bridgehead atoms. The molecule has 0 aliphatic rings. The average Bonchev–Trinajstić information content (AvgIpc) is 2.78. The van der Waals surface area contributed by atoms with E-state index in [1.807, 2.05) is 86.7 Å². The molecule has 2 amide bonds. The number of allylic oxidation sites excluding steroid dienone is 2. The van der Waals surface area contributed by atoms with Crippen molar-refractivity contribution >= 4 is 36.4 Å². The second-order valence-corrected chi connectivity index (χ2v) is 7.39. The van der Waals surface area contributed by atoms with E-state index in [-0.39, 0.29) is 11.8 Å². The van der Waals surface area contributed by atoms with Crippen molar-refractivity contribution in [3.63, 3.8) is 0 Å². The molecule has 0 aromatic heterocycles. The van der Waals surface area contributed by atoms with Gasteiger partial charge >= 0.3 is 0 Å². The van der Waals surface area contributed by atoms with E-state index in [1.54, 1.807) is 12.4 Å². The van der Waals surface area contributed by atoms with Gasteiger partial charge in [0.25, 0.3) is 0 Å². The number of hydrogen-bond donors (Lipinski definition) is 2. The third kappa shape index (κ3) is 10.8. The van der Waals surface area contributed by atoms with Crippen LogP contribution in [0.1, 0.15) is 50.7 Å². The van der Waals surface area contributed by atoms with Crippen LogP contribution < -0.4 is 10.9 Å². The van der Waals surface area contributed by atoms with Gasteiger partial charge in [0.15, 0.2) is 0 Å². The van der Waals surface area contributed by atoms with Gasteiger partial charge in [0.05, 0.1) is 12.4 Å². The van der Waals surface area contributed by atoms with Gasteiger partial charge in [-0.2, -0.15) is 10.2 Å². The lowest BCUT2D eigenvalue weighted by molar-refractivity contribution is -0.123. The van der Waals surface area contributed by atoms with E-state index >= 15 is 0 Å². The lowest BCUT2D eigenvalue weighted by Gasteiger charge is -2.01. The quantitative estimate of drug-likeness (QED) is 0.300. The summed E-state index contributed by atoms with van der Waals surface area (Å²) in [7, 11) is 0. The Bertz CT molecular complexity index is 896. The largest absolute Gasteiger partial charge is 0.273 e. The van der Waals surface area contributed by atoms with Gasteiger partial charge in [-0.05, 0) is 49.0 Å². The van der Waals surface area contributed by atoms with Crippen LogP contribution in [0.5, 0.6) is 0 Å². The first kappa shape index (κ1) is 24.5. The molecule has 166 valence electrons. The Morgan fingerprint density at radius 3 is 1.44 bits per heavy atom. The minimum atomic E-state index is -0.172. The van der Waals surface area contributed by atoms with Crippen molar-refractivity contribution in [2.24, 2.45) is 10.2 Å². The Morgan fingerprint density at radius 2 is 1.06 bits per heavy atom. The second kappa shape index (κ2) is 14.2. The molecule has 2 N–H and O–H groups in total. The Hall–Kier alpha value is -3.80. The van der Waals surface area contributed by atoms with Gasteiger partial charge in [0.1, 0.15) is 0 Å². The van der Waals surface area contributed by atoms with Crippen LogP contribution in [-0.4, -0.2) is 24.2 Å². The normalized spacial score (nSPS) is 12.3. The summed E-state index contributed by atoms with van der Waals surface area (Å²) in [6, 6.07) is 19.8. The molecular formula is C26H30N4O2. The number of hydrazone groups is 2. The van der Waals surface area contributed by atoms with Gasteiger partial charge in [-0.25, -0.2) is 10.9 Å². The van der Waals surface area contributed by atoms with Crippen LogP contribution >= 0.6 is 0 Å².